The van der Waals surface area contributed by atoms with Crippen LogP contribution >= 0.6 is 35.0 Å². The average Bonchev–Trinajstić information content (AvgIpc) is 2.04. The third-order valence-electron chi connectivity index (χ3n) is 1.47. The first kappa shape index (κ1) is 9.67. The Hall–Kier alpha value is -0.420. The normalized spacial score (nSPS) is 9.42. The molecule has 0 bridgehead atoms. The summed E-state index contributed by atoms with van der Waals surface area (Å²) in [7, 11) is 0. The van der Waals surface area contributed by atoms with Crippen molar-refractivity contribution >= 4 is 45.9 Å². The lowest BCUT2D eigenvalue weighted by atomic mass is 10.2. The number of aromatic nitrogens is 2. The molecule has 0 N–H and O–H groups in total. The smallest absolute Gasteiger partial charge is 0.116 e. The Balaban J connectivity index is 0.000000720. The van der Waals surface area contributed by atoms with Gasteiger partial charge in [0.05, 0.1) is 5.52 Å². The van der Waals surface area contributed by atoms with E-state index in [0.29, 0.717) is 0 Å². The first-order chi connectivity index (χ1) is 5.36. The van der Waals surface area contributed by atoms with Gasteiger partial charge in [-0.3, -0.25) is 0 Å². The lowest BCUT2D eigenvalue weighted by Gasteiger charge is -1.94. The molecular weight excluding hydrogens is 286 g/mol. The lowest BCUT2D eigenvalue weighted by Crippen LogP contribution is -1.80. The van der Waals surface area contributed by atoms with E-state index in [1.54, 1.807) is 6.33 Å². The molecule has 62 valence electrons. The molecule has 2 aromatic rings. The van der Waals surface area contributed by atoms with Crippen molar-refractivity contribution in [3.05, 3.63) is 34.3 Å². The van der Waals surface area contributed by atoms with Gasteiger partial charge in [0.2, 0.25) is 0 Å². The SMILES string of the molecule is Cl.Ic1ccc2ncncc2c1. The second kappa shape index (κ2) is 4.00. The third kappa shape index (κ3) is 1.84. The van der Waals surface area contributed by atoms with Gasteiger partial charge in [0.1, 0.15) is 6.33 Å². The molecule has 1 aromatic carbocycles. The van der Waals surface area contributed by atoms with Crippen LogP contribution in [0.3, 0.4) is 0 Å². The zero-order valence-corrected chi connectivity index (χ0v) is 9.04. The summed E-state index contributed by atoms with van der Waals surface area (Å²) in [5.74, 6) is 0. The van der Waals surface area contributed by atoms with Gasteiger partial charge in [-0.2, -0.15) is 0 Å². The quantitative estimate of drug-likeness (QED) is 0.698. The van der Waals surface area contributed by atoms with Crippen LogP contribution in [0.2, 0.25) is 0 Å². The second-order valence-electron chi connectivity index (χ2n) is 2.23. The number of nitrogens with zero attached hydrogens (tertiary/aromatic N) is 2. The number of halogens is 2. The maximum atomic E-state index is 4.11. The Morgan fingerprint density at radius 2 is 2.08 bits per heavy atom. The van der Waals surface area contributed by atoms with Gasteiger partial charge < -0.3 is 0 Å². The molecule has 4 heteroatoms. The van der Waals surface area contributed by atoms with Crippen molar-refractivity contribution in [3.8, 4) is 0 Å². The summed E-state index contributed by atoms with van der Waals surface area (Å²) in [6.45, 7) is 0. The fraction of sp³-hybridized carbons (Fsp3) is 0. The highest BCUT2D eigenvalue weighted by molar-refractivity contribution is 14.1. The summed E-state index contributed by atoms with van der Waals surface area (Å²) in [5, 5.41) is 1.10. The summed E-state index contributed by atoms with van der Waals surface area (Å²) >= 11 is 2.27. The third-order valence-corrected chi connectivity index (χ3v) is 2.14. The van der Waals surface area contributed by atoms with Crippen LogP contribution in [0.4, 0.5) is 0 Å². The average molecular weight is 293 g/mol. The zero-order chi connectivity index (χ0) is 7.68. The molecule has 0 saturated carbocycles. The van der Waals surface area contributed by atoms with E-state index in [1.165, 1.54) is 3.57 Å². The standard InChI is InChI=1S/C8H5IN2.ClH/c9-7-1-2-8-6(3-7)4-10-5-11-8;/h1-5H;1H. The number of benzene rings is 1. The molecule has 0 amide bonds. The zero-order valence-electron chi connectivity index (χ0n) is 6.07. The number of hydrogen-bond acceptors (Lipinski definition) is 2. The maximum absolute atomic E-state index is 4.11. The number of hydrogen-bond donors (Lipinski definition) is 0. The Labute approximate surface area is 90.0 Å². The predicted molar refractivity (Wildman–Crippen MR) is 59.5 cm³/mol. The summed E-state index contributed by atoms with van der Waals surface area (Å²) < 4.78 is 1.21. The van der Waals surface area contributed by atoms with Crippen molar-refractivity contribution in [1.82, 2.24) is 9.97 Å². The molecule has 0 radical (unpaired) electrons. The predicted octanol–water partition coefficient (Wildman–Crippen LogP) is 2.66. The van der Waals surface area contributed by atoms with E-state index in [4.69, 9.17) is 0 Å². The van der Waals surface area contributed by atoms with Crippen LogP contribution in [0.5, 0.6) is 0 Å². The fourth-order valence-electron chi connectivity index (χ4n) is 0.956. The highest BCUT2D eigenvalue weighted by Crippen LogP contribution is 2.13. The first-order valence-corrected chi connectivity index (χ1v) is 4.29. The highest BCUT2D eigenvalue weighted by Gasteiger charge is 1.92. The van der Waals surface area contributed by atoms with Gasteiger partial charge in [-0.15, -0.1) is 12.4 Å². The topological polar surface area (TPSA) is 25.8 Å². The molecule has 12 heavy (non-hydrogen) atoms. The largest absolute Gasteiger partial charge is 0.244 e. The molecule has 1 aromatic heterocycles. The van der Waals surface area contributed by atoms with Crippen molar-refractivity contribution < 1.29 is 0 Å². The van der Waals surface area contributed by atoms with E-state index < -0.39 is 0 Å². The van der Waals surface area contributed by atoms with Crippen LogP contribution in [0.25, 0.3) is 10.9 Å². The summed E-state index contributed by atoms with van der Waals surface area (Å²) in [6, 6.07) is 6.10. The minimum Gasteiger partial charge on any atom is -0.244 e. The Kier molecular flexibility index (Phi) is 3.22. The summed E-state index contributed by atoms with van der Waals surface area (Å²) in [6.07, 6.45) is 3.39. The summed E-state index contributed by atoms with van der Waals surface area (Å²) in [4.78, 5) is 8.05. The van der Waals surface area contributed by atoms with Gasteiger partial charge in [-0.1, -0.05) is 0 Å². The van der Waals surface area contributed by atoms with E-state index in [9.17, 15) is 0 Å². The molecule has 1 heterocycles. The Morgan fingerprint density at radius 3 is 2.92 bits per heavy atom. The molecule has 2 nitrogen and oxygen atoms in total. The van der Waals surface area contributed by atoms with Crippen molar-refractivity contribution in [2.45, 2.75) is 0 Å². The van der Waals surface area contributed by atoms with Gasteiger partial charge in [0, 0.05) is 15.2 Å². The molecular formula is C8H6ClIN2. The van der Waals surface area contributed by atoms with E-state index in [2.05, 4.69) is 38.6 Å². The molecule has 0 aliphatic carbocycles. The van der Waals surface area contributed by atoms with E-state index >= 15 is 0 Å². The molecule has 2 rings (SSSR count). The molecule has 0 aliphatic rings. The number of rotatable bonds is 0. The maximum Gasteiger partial charge on any atom is 0.116 e. The van der Waals surface area contributed by atoms with Crippen LogP contribution in [0.15, 0.2) is 30.7 Å². The van der Waals surface area contributed by atoms with Crippen molar-refractivity contribution in [2.24, 2.45) is 0 Å². The van der Waals surface area contributed by atoms with Gasteiger partial charge in [-0.05, 0) is 40.8 Å². The van der Waals surface area contributed by atoms with E-state index in [-0.39, 0.29) is 12.4 Å². The molecule has 0 saturated heterocycles. The van der Waals surface area contributed by atoms with Crippen LogP contribution < -0.4 is 0 Å². The molecule has 0 aliphatic heterocycles. The minimum absolute atomic E-state index is 0. The molecule has 0 atom stereocenters. The van der Waals surface area contributed by atoms with E-state index in [1.807, 2.05) is 18.3 Å². The lowest BCUT2D eigenvalue weighted by molar-refractivity contribution is 1.22. The van der Waals surface area contributed by atoms with Crippen LogP contribution in [0.1, 0.15) is 0 Å². The molecule has 0 spiro atoms. The molecule has 0 unspecified atom stereocenters. The van der Waals surface area contributed by atoms with Gasteiger partial charge in [-0.25, -0.2) is 9.97 Å². The highest BCUT2D eigenvalue weighted by atomic mass is 127. The van der Waals surface area contributed by atoms with Gasteiger partial charge >= 0.3 is 0 Å². The fourth-order valence-corrected chi connectivity index (χ4v) is 1.47. The van der Waals surface area contributed by atoms with Crippen LogP contribution in [-0.4, -0.2) is 9.97 Å². The molecule has 0 fully saturated rings. The Bertz CT molecular complexity index is 391. The van der Waals surface area contributed by atoms with Crippen LogP contribution in [0, 0.1) is 3.57 Å². The second-order valence-corrected chi connectivity index (χ2v) is 3.47. The summed E-state index contributed by atoms with van der Waals surface area (Å²) in [5.41, 5.74) is 1.00. The van der Waals surface area contributed by atoms with Crippen molar-refractivity contribution in [3.63, 3.8) is 0 Å². The van der Waals surface area contributed by atoms with E-state index in [0.717, 1.165) is 10.9 Å². The van der Waals surface area contributed by atoms with Crippen molar-refractivity contribution in [2.75, 3.05) is 0 Å². The Morgan fingerprint density at radius 1 is 1.25 bits per heavy atom. The number of fused-ring (bicyclic) bond motifs is 1. The van der Waals surface area contributed by atoms with Gasteiger partial charge in [0.15, 0.2) is 0 Å². The van der Waals surface area contributed by atoms with Crippen molar-refractivity contribution in [1.29, 1.82) is 0 Å². The van der Waals surface area contributed by atoms with Gasteiger partial charge in [0.25, 0.3) is 0 Å². The minimum atomic E-state index is 0. The first-order valence-electron chi connectivity index (χ1n) is 3.21. The monoisotopic (exact) mass is 292 g/mol. The van der Waals surface area contributed by atoms with Crippen LogP contribution in [-0.2, 0) is 0 Å².